The summed E-state index contributed by atoms with van der Waals surface area (Å²) in [6, 6.07) is 3.07. The third-order valence-electron chi connectivity index (χ3n) is 2.24. The first kappa shape index (κ1) is 14.3. The zero-order valence-corrected chi connectivity index (χ0v) is 9.63. The number of hydrogen-bond donors (Lipinski definition) is 2. The Hall–Kier alpha value is -1.79. The van der Waals surface area contributed by atoms with E-state index in [-0.39, 0.29) is 12.0 Å². The van der Waals surface area contributed by atoms with Gasteiger partial charge in [-0.25, -0.2) is 4.98 Å². The Morgan fingerprint density at radius 1 is 1.33 bits per heavy atom. The summed E-state index contributed by atoms with van der Waals surface area (Å²) < 4.78 is 35.5. The molecule has 18 heavy (non-hydrogen) atoms. The Morgan fingerprint density at radius 2 is 2.06 bits per heavy atom. The van der Waals surface area contributed by atoms with Gasteiger partial charge in [0.1, 0.15) is 5.82 Å². The first-order chi connectivity index (χ1) is 8.38. The summed E-state index contributed by atoms with van der Waals surface area (Å²) in [5.74, 6) is -0.0637. The molecule has 0 unspecified atom stereocenters. The summed E-state index contributed by atoms with van der Waals surface area (Å²) in [5.41, 5.74) is 5.33. The van der Waals surface area contributed by atoms with E-state index in [0.29, 0.717) is 18.8 Å². The second-order valence-corrected chi connectivity index (χ2v) is 3.80. The molecule has 0 aliphatic carbocycles. The lowest BCUT2D eigenvalue weighted by Crippen LogP contribution is -2.12. The van der Waals surface area contributed by atoms with Crippen LogP contribution in [0.25, 0.3) is 0 Å². The Balaban J connectivity index is 2.25. The number of aromatic nitrogens is 1. The van der Waals surface area contributed by atoms with Gasteiger partial charge in [-0.3, -0.25) is 4.79 Å². The fourth-order valence-electron chi connectivity index (χ4n) is 1.31. The number of anilines is 1. The second kappa shape index (κ2) is 6.23. The Kier molecular flexibility index (Phi) is 4.94. The standard InChI is InChI=1S/C11H14F3N3O/c12-11(13,14)5-1-2-6-16-9-4-3-8(7-17-9)10(15)18/h3-4,7H,1-2,5-6H2,(H2,15,18)(H,16,17). The lowest BCUT2D eigenvalue weighted by molar-refractivity contribution is -0.135. The molecular weight excluding hydrogens is 247 g/mol. The van der Waals surface area contributed by atoms with Crippen molar-refractivity contribution in [3.63, 3.8) is 0 Å². The number of carbonyl (C=O) groups is 1. The van der Waals surface area contributed by atoms with Crippen molar-refractivity contribution in [3.8, 4) is 0 Å². The molecule has 1 amide bonds. The van der Waals surface area contributed by atoms with E-state index in [0.717, 1.165) is 0 Å². The molecular formula is C11H14F3N3O. The van der Waals surface area contributed by atoms with Gasteiger partial charge in [-0.2, -0.15) is 13.2 Å². The summed E-state index contributed by atoms with van der Waals surface area (Å²) in [6.07, 6.45) is -3.07. The summed E-state index contributed by atoms with van der Waals surface area (Å²) in [4.78, 5) is 14.7. The number of unbranched alkanes of at least 4 members (excludes halogenated alkanes) is 1. The molecule has 7 heteroatoms. The molecule has 0 radical (unpaired) electrons. The van der Waals surface area contributed by atoms with Crippen LogP contribution in [0.3, 0.4) is 0 Å². The van der Waals surface area contributed by atoms with Crippen molar-refractivity contribution >= 4 is 11.7 Å². The average molecular weight is 261 g/mol. The van der Waals surface area contributed by atoms with Gasteiger partial charge >= 0.3 is 6.18 Å². The third kappa shape index (κ3) is 5.51. The zero-order valence-electron chi connectivity index (χ0n) is 9.63. The summed E-state index contributed by atoms with van der Waals surface area (Å²) in [6.45, 7) is 0.402. The first-order valence-corrected chi connectivity index (χ1v) is 5.45. The van der Waals surface area contributed by atoms with E-state index >= 15 is 0 Å². The molecule has 0 aromatic carbocycles. The Labute approximate surface area is 102 Å². The molecule has 0 saturated heterocycles. The number of hydrogen-bond acceptors (Lipinski definition) is 3. The van der Waals surface area contributed by atoms with E-state index in [2.05, 4.69) is 10.3 Å². The number of nitrogens with one attached hydrogen (secondary N) is 1. The van der Waals surface area contributed by atoms with Crippen LogP contribution in [-0.4, -0.2) is 23.6 Å². The summed E-state index contributed by atoms with van der Waals surface area (Å²) >= 11 is 0. The van der Waals surface area contributed by atoms with Crippen molar-refractivity contribution in [1.82, 2.24) is 4.98 Å². The molecule has 1 rings (SSSR count). The maximum absolute atomic E-state index is 11.8. The predicted octanol–water partition coefficient (Wildman–Crippen LogP) is 2.33. The number of halogens is 3. The first-order valence-electron chi connectivity index (χ1n) is 5.45. The number of carbonyl (C=O) groups excluding carboxylic acids is 1. The molecule has 0 aliphatic heterocycles. The van der Waals surface area contributed by atoms with Crippen molar-refractivity contribution in [1.29, 1.82) is 0 Å². The van der Waals surface area contributed by atoms with Crippen molar-refractivity contribution in [2.45, 2.75) is 25.4 Å². The number of rotatable bonds is 6. The monoisotopic (exact) mass is 261 g/mol. The molecule has 100 valence electrons. The van der Waals surface area contributed by atoms with Crippen LogP contribution in [0.4, 0.5) is 19.0 Å². The topological polar surface area (TPSA) is 68.0 Å². The SMILES string of the molecule is NC(=O)c1ccc(NCCCCC(F)(F)F)nc1. The van der Waals surface area contributed by atoms with Crippen LogP contribution < -0.4 is 11.1 Å². The molecule has 0 fully saturated rings. The number of nitrogens with two attached hydrogens (primary N) is 1. The van der Waals surface area contributed by atoms with E-state index in [1.165, 1.54) is 12.3 Å². The maximum atomic E-state index is 11.8. The number of primary amides is 1. The van der Waals surface area contributed by atoms with Crippen LogP contribution >= 0.6 is 0 Å². The molecule has 0 bridgehead atoms. The Bertz CT molecular complexity index is 390. The average Bonchev–Trinajstić information content (AvgIpc) is 2.27. The van der Waals surface area contributed by atoms with Gasteiger partial charge in [0.25, 0.3) is 0 Å². The van der Waals surface area contributed by atoms with Crippen LogP contribution in [0.15, 0.2) is 18.3 Å². The quantitative estimate of drug-likeness (QED) is 0.772. The van der Waals surface area contributed by atoms with Crippen molar-refractivity contribution in [2.75, 3.05) is 11.9 Å². The third-order valence-corrected chi connectivity index (χ3v) is 2.24. The highest BCUT2D eigenvalue weighted by molar-refractivity contribution is 5.92. The minimum Gasteiger partial charge on any atom is -0.370 e. The lowest BCUT2D eigenvalue weighted by atomic mass is 10.2. The zero-order chi connectivity index (χ0) is 13.6. The minimum atomic E-state index is -4.10. The summed E-state index contributed by atoms with van der Waals surface area (Å²) in [5, 5.41) is 2.87. The van der Waals surface area contributed by atoms with Gasteiger partial charge < -0.3 is 11.1 Å². The smallest absolute Gasteiger partial charge is 0.370 e. The van der Waals surface area contributed by atoms with Gasteiger partial charge in [0, 0.05) is 19.2 Å². The van der Waals surface area contributed by atoms with E-state index in [4.69, 9.17) is 5.73 Å². The fourth-order valence-corrected chi connectivity index (χ4v) is 1.31. The van der Waals surface area contributed by atoms with Gasteiger partial charge in [0.2, 0.25) is 5.91 Å². The van der Waals surface area contributed by atoms with Gasteiger partial charge in [0.15, 0.2) is 0 Å². The highest BCUT2D eigenvalue weighted by Crippen LogP contribution is 2.22. The molecule has 3 N–H and O–H groups in total. The molecule has 4 nitrogen and oxygen atoms in total. The number of alkyl halides is 3. The largest absolute Gasteiger partial charge is 0.389 e. The molecule has 1 heterocycles. The molecule has 0 aliphatic rings. The van der Waals surface area contributed by atoms with E-state index in [1.54, 1.807) is 6.07 Å². The van der Waals surface area contributed by atoms with Gasteiger partial charge in [-0.15, -0.1) is 0 Å². The fraction of sp³-hybridized carbons (Fsp3) is 0.455. The molecule has 1 aromatic rings. The van der Waals surface area contributed by atoms with Crippen LogP contribution in [0.2, 0.25) is 0 Å². The lowest BCUT2D eigenvalue weighted by Gasteiger charge is -2.07. The van der Waals surface area contributed by atoms with Crippen LogP contribution in [0, 0.1) is 0 Å². The normalized spacial score (nSPS) is 11.3. The maximum Gasteiger partial charge on any atom is 0.389 e. The van der Waals surface area contributed by atoms with Crippen LogP contribution in [-0.2, 0) is 0 Å². The van der Waals surface area contributed by atoms with Crippen LogP contribution in [0.5, 0.6) is 0 Å². The highest BCUT2D eigenvalue weighted by Gasteiger charge is 2.25. The number of nitrogens with zero attached hydrogens (tertiary/aromatic N) is 1. The van der Waals surface area contributed by atoms with Crippen LogP contribution in [0.1, 0.15) is 29.6 Å². The Morgan fingerprint density at radius 3 is 2.56 bits per heavy atom. The minimum absolute atomic E-state index is 0.0792. The van der Waals surface area contributed by atoms with Crippen molar-refractivity contribution in [2.24, 2.45) is 5.73 Å². The number of amides is 1. The highest BCUT2D eigenvalue weighted by atomic mass is 19.4. The molecule has 0 spiro atoms. The molecule has 0 saturated carbocycles. The van der Waals surface area contributed by atoms with Crippen molar-refractivity contribution in [3.05, 3.63) is 23.9 Å². The second-order valence-electron chi connectivity index (χ2n) is 3.80. The van der Waals surface area contributed by atoms with E-state index < -0.39 is 18.5 Å². The van der Waals surface area contributed by atoms with E-state index in [9.17, 15) is 18.0 Å². The predicted molar refractivity (Wildman–Crippen MR) is 61.2 cm³/mol. The van der Waals surface area contributed by atoms with Gasteiger partial charge in [-0.05, 0) is 25.0 Å². The number of pyridine rings is 1. The molecule has 0 atom stereocenters. The van der Waals surface area contributed by atoms with Gasteiger partial charge in [0.05, 0.1) is 5.56 Å². The summed E-state index contributed by atoms with van der Waals surface area (Å²) in [7, 11) is 0. The van der Waals surface area contributed by atoms with Gasteiger partial charge in [-0.1, -0.05) is 0 Å². The van der Waals surface area contributed by atoms with Crippen molar-refractivity contribution < 1.29 is 18.0 Å². The molecule has 1 aromatic heterocycles. The van der Waals surface area contributed by atoms with E-state index in [1.807, 2.05) is 0 Å².